The van der Waals surface area contributed by atoms with E-state index in [9.17, 15) is 26.3 Å². The number of nitrogens with one attached hydrogen (secondary N) is 1. The Bertz CT molecular complexity index is 372. The largest absolute Gasteiger partial charge is 0.451 e. The van der Waals surface area contributed by atoms with Crippen LogP contribution in [0.3, 0.4) is 0 Å². The second kappa shape index (κ2) is 4.76. The van der Waals surface area contributed by atoms with E-state index in [0.717, 1.165) is 12.3 Å². The van der Waals surface area contributed by atoms with Gasteiger partial charge in [0.2, 0.25) is 5.82 Å². The van der Waals surface area contributed by atoms with Crippen molar-refractivity contribution in [3.63, 3.8) is 0 Å². The molecule has 0 aliphatic carbocycles. The summed E-state index contributed by atoms with van der Waals surface area (Å²) in [5.74, 6) is -1.69. The van der Waals surface area contributed by atoms with Crippen molar-refractivity contribution < 1.29 is 26.3 Å². The maximum atomic E-state index is 12.1. The average molecular weight is 259 g/mol. The number of hydrogen-bond donors (Lipinski definition) is 1. The van der Waals surface area contributed by atoms with Gasteiger partial charge in [0.1, 0.15) is 5.82 Å². The molecule has 0 bridgehead atoms. The first kappa shape index (κ1) is 13.5. The smallest absolute Gasteiger partial charge is 0.370 e. The highest BCUT2D eigenvalue weighted by Crippen LogP contribution is 2.26. The Morgan fingerprint density at radius 3 is 2.29 bits per heavy atom. The first-order valence-corrected chi connectivity index (χ1v) is 4.39. The molecule has 96 valence electrons. The van der Waals surface area contributed by atoms with Gasteiger partial charge >= 0.3 is 12.4 Å². The van der Waals surface area contributed by atoms with E-state index >= 15 is 0 Å². The minimum absolute atomic E-state index is 0.295. The van der Waals surface area contributed by atoms with E-state index in [4.69, 9.17) is 0 Å². The zero-order valence-electron chi connectivity index (χ0n) is 8.23. The van der Waals surface area contributed by atoms with Crippen molar-refractivity contribution in [2.45, 2.75) is 18.8 Å². The molecule has 0 aliphatic rings. The van der Waals surface area contributed by atoms with Crippen molar-refractivity contribution in [3.8, 4) is 0 Å². The number of halogens is 6. The Morgan fingerprint density at radius 2 is 1.76 bits per heavy atom. The minimum Gasteiger partial charge on any atom is -0.370 e. The number of alkyl halides is 6. The summed E-state index contributed by atoms with van der Waals surface area (Å²) in [5.41, 5.74) is 0. The summed E-state index contributed by atoms with van der Waals surface area (Å²) in [6.45, 7) is -0.544. The quantitative estimate of drug-likeness (QED) is 0.848. The predicted octanol–water partition coefficient (Wildman–Crippen LogP) is 2.86. The fourth-order valence-electron chi connectivity index (χ4n) is 0.926. The van der Waals surface area contributed by atoms with E-state index in [1.165, 1.54) is 0 Å². The number of anilines is 1. The highest BCUT2D eigenvalue weighted by atomic mass is 19.4. The van der Waals surface area contributed by atoms with Crippen molar-refractivity contribution in [1.29, 1.82) is 0 Å². The van der Waals surface area contributed by atoms with Gasteiger partial charge in [-0.3, -0.25) is 0 Å². The highest BCUT2D eigenvalue weighted by molar-refractivity contribution is 5.33. The second-order valence-corrected chi connectivity index (χ2v) is 3.06. The van der Waals surface area contributed by atoms with Gasteiger partial charge in [-0.25, -0.2) is 9.97 Å². The molecule has 0 saturated heterocycles. The Morgan fingerprint density at radius 1 is 1.12 bits per heavy atom. The first-order valence-electron chi connectivity index (χ1n) is 4.39. The number of aromatic nitrogens is 2. The average Bonchev–Trinajstić information content (AvgIpc) is 2.15. The molecule has 0 fully saturated rings. The summed E-state index contributed by atoms with van der Waals surface area (Å²) >= 11 is 0. The molecule has 1 aromatic heterocycles. The summed E-state index contributed by atoms with van der Waals surface area (Å²) in [5, 5.41) is 2.14. The van der Waals surface area contributed by atoms with Crippen LogP contribution in [-0.4, -0.2) is 22.7 Å². The van der Waals surface area contributed by atoms with Crippen molar-refractivity contribution in [2.24, 2.45) is 0 Å². The number of hydrogen-bond acceptors (Lipinski definition) is 3. The topological polar surface area (TPSA) is 37.8 Å². The van der Waals surface area contributed by atoms with Gasteiger partial charge in [0.25, 0.3) is 0 Å². The van der Waals surface area contributed by atoms with Crippen LogP contribution in [0.2, 0.25) is 0 Å². The van der Waals surface area contributed by atoms with E-state index < -0.39 is 31.1 Å². The van der Waals surface area contributed by atoms with Gasteiger partial charge < -0.3 is 5.32 Å². The number of nitrogens with zero attached hydrogens (tertiary/aromatic N) is 2. The van der Waals surface area contributed by atoms with Gasteiger partial charge in [-0.15, -0.1) is 0 Å². The monoisotopic (exact) mass is 259 g/mol. The fraction of sp³-hybridized carbons (Fsp3) is 0.500. The molecule has 1 aromatic rings. The van der Waals surface area contributed by atoms with Crippen LogP contribution in [0.5, 0.6) is 0 Å². The molecule has 1 rings (SSSR count). The zero-order valence-corrected chi connectivity index (χ0v) is 8.23. The van der Waals surface area contributed by atoms with Crippen LogP contribution in [-0.2, 0) is 6.18 Å². The van der Waals surface area contributed by atoms with Crippen molar-refractivity contribution >= 4 is 5.82 Å². The molecule has 3 nitrogen and oxygen atoms in total. The van der Waals surface area contributed by atoms with E-state index in [-0.39, 0.29) is 5.82 Å². The molecule has 17 heavy (non-hydrogen) atoms. The first-order chi connectivity index (χ1) is 7.68. The predicted molar refractivity (Wildman–Crippen MR) is 46.2 cm³/mol. The van der Waals surface area contributed by atoms with Gasteiger partial charge in [0.05, 0.1) is 6.42 Å². The molecule has 0 aliphatic heterocycles. The fourth-order valence-corrected chi connectivity index (χ4v) is 0.926. The van der Waals surface area contributed by atoms with Gasteiger partial charge in [0, 0.05) is 12.7 Å². The molecule has 0 unspecified atom stereocenters. The van der Waals surface area contributed by atoms with Gasteiger partial charge in [-0.1, -0.05) is 0 Å². The van der Waals surface area contributed by atoms with Crippen molar-refractivity contribution in [2.75, 3.05) is 11.9 Å². The molecule has 0 radical (unpaired) electrons. The molecule has 0 amide bonds. The number of rotatable bonds is 3. The van der Waals surface area contributed by atoms with Gasteiger partial charge in [-0.2, -0.15) is 26.3 Å². The molecule has 0 atom stereocenters. The van der Waals surface area contributed by atoms with E-state index in [1.54, 1.807) is 0 Å². The van der Waals surface area contributed by atoms with E-state index in [2.05, 4.69) is 15.3 Å². The van der Waals surface area contributed by atoms with Crippen LogP contribution in [0.1, 0.15) is 12.2 Å². The third kappa shape index (κ3) is 4.87. The molecular formula is C8H7F6N3. The lowest BCUT2D eigenvalue weighted by Gasteiger charge is -2.09. The third-order valence-corrected chi connectivity index (χ3v) is 1.62. The molecule has 1 N–H and O–H groups in total. The molecule has 0 spiro atoms. The maximum Gasteiger partial charge on any atom is 0.451 e. The van der Waals surface area contributed by atoms with E-state index in [1.807, 2.05) is 0 Å². The SMILES string of the molecule is FC(F)(F)CCNc1ccnc(C(F)(F)F)n1. The zero-order chi connectivity index (χ0) is 13.1. The Hall–Kier alpha value is -1.54. The molecule has 9 heteroatoms. The Kier molecular flexibility index (Phi) is 3.79. The lowest BCUT2D eigenvalue weighted by molar-refractivity contribution is -0.145. The molecule has 1 heterocycles. The van der Waals surface area contributed by atoms with Crippen molar-refractivity contribution in [3.05, 3.63) is 18.1 Å². The van der Waals surface area contributed by atoms with Crippen LogP contribution < -0.4 is 5.32 Å². The Labute approximate surface area is 91.9 Å². The summed E-state index contributed by atoms with van der Waals surface area (Å²) in [4.78, 5) is 6.02. The second-order valence-electron chi connectivity index (χ2n) is 3.06. The van der Waals surface area contributed by atoms with Gasteiger partial charge in [0.15, 0.2) is 0 Å². The van der Waals surface area contributed by atoms with Crippen molar-refractivity contribution in [1.82, 2.24) is 9.97 Å². The van der Waals surface area contributed by atoms with E-state index in [0.29, 0.717) is 0 Å². The van der Waals surface area contributed by atoms with Crippen LogP contribution in [0.4, 0.5) is 32.2 Å². The lowest BCUT2D eigenvalue weighted by atomic mass is 10.4. The highest BCUT2D eigenvalue weighted by Gasteiger charge is 2.34. The minimum atomic E-state index is -4.72. The maximum absolute atomic E-state index is 12.1. The Balaban J connectivity index is 2.61. The summed E-state index contributed by atoms with van der Waals surface area (Å²) in [6.07, 6.45) is -9.42. The molecule has 0 aromatic carbocycles. The lowest BCUT2D eigenvalue weighted by Crippen LogP contribution is -2.17. The molecule has 0 saturated carbocycles. The summed E-state index contributed by atoms with van der Waals surface area (Å²) in [6, 6.07) is 1.06. The standard InChI is InChI=1S/C8H7F6N3/c9-7(10,11)2-4-15-5-1-3-16-6(17-5)8(12,13)14/h1,3H,2,4H2,(H,15,16,17). The normalized spacial score (nSPS) is 12.6. The molecular weight excluding hydrogens is 252 g/mol. The van der Waals surface area contributed by atoms with Crippen LogP contribution in [0.25, 0.3) is 0 Å². The summed E-state index contributed by atoms with van der Waals surface area (Å²) in [7, 11) is 0. The van der Waals surface area contributed by atoms with Crippen LogP contribution in [0.15, 0.2) is 12.3 Å². The van der Waals surface area contributed by atoms with Gasteiger partial charge in [-0.05, 0) is 6.07 Å². The van der Waals surface area contributed by atoms with Crippen LogP contribution in [0, 0.1) is 0 Å². The van der Waals surface area contributed by atoms with Crippen LogP contribution >= 0.6 is 0 Å². The summed E-state index contributed by atoms with van der Waals surface area (Å²) < 4.78 is 71.8. The third-order valence-electron chi connectivity index (χ3n) is 1.62.